The molecule has 0 bridgehead atoms. The number of carbonyl (C=O) groups is 1. The molecule has 1 heterocycles. The van der Waals surface area contributed by atoms with Gasteiger partial charge >= 0.3 is 0 Å². The van der Waals surface area contributed by atoms with Crippen LogP contribution < -0.4 is 0 Å². The maximum absolute atomic E-state index is 12.4. The molecular weight excluding hydrogens is 266 g/mol. The molecule has 0 amide bonds. The Morgan fingerprint density at radius 3 is 2.58 bits per heavy atom. The van der Waals surface area contributed by atoms with Crippen molar-refractivity contribution in [2.24, 2.45) is 0 Å². The Hall–Kier alpha value is -1.21. The van der Waals surface area contributed by atoms with Crippen LogP contribution in [0.4, 0.5) is 0 Å². The fourth-order valence-corrected chi connectivity index (χ4v) is 3.64. The Balaban J connectivity index is 2.16. The van der Waals surface area contributed by atoms with E-state index in [0.717, 1.165) is 0 Å². The summed E-state index contributed by atoms with van der Waals surface area (Å²) in [6.45, 7) is 1.91. The molecule has 7 heteroatoms. The van der Waals surface area contributed by atoms with Gasteiger partial charge in [-0.1, -0.05) is 6.92 Å². The minimum absolute atomic E-state index is 0.101. The first-order valence-electron chi connectivity index (χ1n) is 6.48. The summed E-state index contributed by atoms with van der Waals surface area (Å²) in [6.07, 6.45) is 4.16. The molecule has 0 unspecified atom stereocenters. The zero-order chi connectivity index (χ0) is 14.0. The lowest BCUT2D eigenvalue weighted by molar-refractivity contribution is -0.120. The summed E-state index contributed by atoms with van der Waals surface area (Å²) in [5, 5.41) is 0.128. The topological polar surface area (TPSA) is 83.1 Å². The first kappa shape index (κ1) is 14.2. The number of aromatic amines is 1. The van der Waals surface area contributed by atoms with Gasteiger partial charge in [0.15, 0.2) is 5.03 Å². The highest BCUT2D eigenvalue weighted by Crippen LogP contribution is 2.24. The van der Waals surface area contributed by atoms with Gasteiger partial charge in [0.05, 0.1) is 6.20 Å². The van der Waals surface area contributed by atoms with Crippen molar-refractivity contribution in [1.29, 1.82) is 0 Å². The first-order valence-corrected chi connectivity index (χ1v) is 7.92. The smallest absolute Gasteiger partial charge is 0.260 e. The molecule has 0 aromatic carbocycles. The Morgan fingerprint density at radius 2 is 2.05 bits per heavy atom. The molecule has 6 nitrogen and oxygen atoms in total. The third-order valence-corrected chi connectivity index (χ3v) is 5.44. The molecule has 1 N–H and O–H groups in total. The highest BCUT2D eigenvalue weighted by atomic mass is 32.2. The molecular formula is C12H19N3O3S. The second-order valence-electron chi connectivity index (χ2n) is 4.84. The number of nitrogens with zero attached hydrogens (tertiary/aromatic N) is 2. The molecule has 1 fully saturated rings. The Labute approximate surface area is 113 Å². The van der Waals surface area contributed by atoms with E-state index < -0.39 is 10.0 Å². The molecule has 1 aliphatic rings. The number of H-pyrrole nitrogens is 1. The molecule has 19 heavy (non-hydrogen) atoms. The molecule has 0 radical (unpaired) electrons. The van der Waals surface area contributed by atoms with Crippen LogP contribution in [0.3, 0.4) is 0 Å². The van der Waals surface area contributed by atoms with Crippen LogP contribution in [0.25, 0.3) is 0 Å². The van der Waals surface area contributed by atoms with E-state index in [1.165, 1.54) is 10.5 Å². The molecule has 1 aliphatic carbocycles. The van der Waals surface area contributed by atoms with Gasteiger partial charge < -0.3 is 4.98 Å². The summed E-state index contributed by atoms with van der Waals surface area (Å²) in [5.74, 6) is 0.877. The van der Waals surface area contributed by atoms with Crippen LogP contribution in [0.15, 0.2) is 11.2 Å². The van der Waals surface area contributed by atoms with Crippen molar-refractivity contribution in [2.45, 2.75) is 50.1 Å². The number of Topliss-reactive ketones (excluding diaryl/α,β-unsaturated/α-hetero) is 1. The van der Waals surface area contributed by atoms with Crippen LogP contribution in [0, 0.1) is 0 Å². The quantitative estimate of drug-likeness (QED) is 0.898. The summed E-state index contributed by atoms with van der Waals surface area (Å²) < 4.78 is 26.2. The third kappa shape index (κ3) is 2.87. The lowest BCUT2D eigenvalue weighted by atomic mass is 9.95. The second-order valence-corrected chi connectivity index (χ2v) is 6.80. The predicted octanol–water partition coefficient (Wildman–Crippen LogP) is 1.10. The van der Waals surface area contributed by atoms with Crippen molar-refractivity contribution in [3.05, 3.63) is 12.0 Å². The number of hydrogen-bond donors (Lipinski definition) is 1. The Morgan fingerprint density at radius 1 is 1.42 bits per heavy atom. The zero-order valence-corrected chi connectivity index (χ0v) is 12.0. The van der Waals surface area contributed by atoms with E-state index in [1.54, 1.807) is 7.05 Å². The van der Waals surface area contributed by atoms with Crippen LogP contribution in [-0.2, 0) is 21.2 Å². The zero-order valence-electron chi connectivity index (χ0n) is 11.2. The fraction of sp³-hybridized carbons (Fsp3) is 0.667. The summed E-state index contributed by atoms with van der Waals surface area (Å²) in [6, 6.07) is -0.101. The number of sulfonamides is 1. The number of aromatic nitrogens is 2. The van der Waals surface area contributed by atoms with Crippen LogP contribution >= 0.6 is 0 Å². The van der Waals surface area contributed by atoms with Crippen LogP contribution in [0.5, 0.6) is 0 Å². The average molecular weight is 285 g/mol. The number of ketones is 1. The minimum Gasteiger partial charge on any atom is -0.332 e. The second kappa shape index (κ2) is 5.42. The first-order chi connectivity index (χ1) is 8.95. The van der Waals surface area contributed by atoms with Crippen molar-refractivity contribution < 1.29 is 13.2 Å². The van der Waals surface area contributed by atoms with Crippen molar-refractivity contribution >= 4 is 15.8 Å². The Kier molecular flexibility index (Phi) is 4.05. The maximum Gasteiger partial charge on any atom is 0.260 e. The molecule has 0 saturated heterocycles. The van der Waals surface area contributed by atoms with E-state index in [4.69, 9.17) is 0 Å². The fourth-order valence-electron chi connectivity index (χ4n) is 2.29. The molecule has 1 aromatic heterocycles. The normalized spacial score (nSPS) is 18.2. The highest BCUT2D eigenvalue weighted by molar-refractivity contribution is 7.89. The summed E-state index contributed by atoms with van der Waals surface area (Å²) in [7, 11) is -1.97. The molecule has 106 valence electrons. The largest absolute Gasteiger partial charge is 0.332 e. The van der Waals surface area contributed by atoms with E-state index in [9.17, 15) is 13.2 Å². The van der Waals surface area contributed by atoms with E-state index in [1.807, 2.05) is 6.92 Å². The lowest BCUT2D eigenvalue weighted by Gasteiger charge is -2.29. The standard InChI is InChI=1S/C12H19N3O3S/c1-3-11-13-8-12(14-11)19(17,18)15(2)9-4-6-10(16)7-5-9/h8-9H,3-7H2,1-2H3,(H,13,14). The van der Waals surface area contributed by atoms with Crippen LogP contribution in [0.2, 0.25) is 0 Å². The maximum atomic E-state index is 12.4. The summed E-state index contributed by atoms with van der Waals surface area (Å²) in [5.41, 5.74) is 0. The van der Waals surface area contributed by atoms with E-state index in [0.29, 0.717) is 37.9 Å². The molecule has 0 aliphatic heterocycles. The number of nitrogens with one attached hydrogen (secondary N) is 1. The van der Waals surface area contributed by atoms with Gasteiger partial charge in [0.2, 0.25) is 0 Å². The van der Waals surface area contributed by atoms with Crippen molar-refractivity contribution in [1.82, 2.24) is 14.3 Å². The van der Waals surface area contributed by atoms with Gasteiger partial charge in [-0.3, -0.25) is 4.79 Å². The van der Waals surface area contributed by atoms with Gasteiger partial charge in [-0.15, -0.1) is 0 Å². The third-order valence-electron chi connectivity index (χ3n) is 3.62. The minimum atomic E-state index is -3.54. The van der Waals surface area contributed by atoms with Gasteiger partial charge in [-0.2, -0.15) is 4.31 Å². The van der Waals surface area contributed by atoms with Crippen molar-refractivity contribution in [2.75, 3.05) is 7.05 Å². The van der Waals surface area contributed by atoms with Crippen molar-refractivity contribution in [3.63, 3.8) is 0 Å². The lowest BCUT2D eigenvalue weighted by Crippen LogP contribution is -2.39. The monoisotopic (exact) mass is 285 g/mol. The number of carbonyl (C=O) groups excluding carboxylic acids is 1. The highest BCUT2D eigenvalue weighted by Gasteiger charge is 2.31. The number of aryl methyl sites for hydroxylation is 1. The molecule has 1 saturated carbocycles. The Bertz CT molecular complexity index is 555. The predicted molar refractivity (Wildman–Crippen MR) is 70.2 cm³/mol. The number of hydrogen-bond acceptors (Lipinski definition) is 4. The van der Waals surface area contributed by atoms with E-state index >= 15 is 0 Å². The van der Waals surface area contributed by atoms with Gasteiger partial charge in [-0.05, 0) is 12.8 Å². The van der Waals surface area contributed by atoms with E-state index in [-0.39, 0.29) is 16.9 Å². The van der Waals surface area contributed by atoms with Gasteiger partial charge in [0.1, 0.15) is 11.6 Å². The summed E-state index contributed by atoms with van der Waals surface area (Å²) >= 11 is 0. The number of rotatable bonds is 4. The SMILES string of the molecule is CCc1ncc(S(=O)(=O)N(C)C2CCC(=O)CC2)[nH]1. The van der Waals surface area contributed by atoms with E-state index in [2.05, 4.69) is 9.97 Å². The molecule has 2 rings (SSSR count). The van der Waals surface area contributed by atoms with Gasteiger partial charge in [0, 0.05) is 32.4 Å². The molecule has 1 aromatic rings. The van der Waals surface area contributed by atoms with Crippen LogP contribution in [-0.4, -0.2) is 41.6 Å². The average Bonchev–Trinajstić information content (AvgIpc) is 2.88. The van der Waals surface area contributed by atoms with Crippen molar-refractivity contribution in [3.8, 4) is 0 Å². The molecule has 0 spiro atoms. The van der Waals surface area contributed by atoms with Crippen LogP contribution in [0.1, 0.15) is 38.4 Å². The summed E-state index contributed by atoms with van der Waals surface area (Å²) in [4.78, 5) is 18.1. The van der Waals surface area contributed by atoms with Gasteiger partial charge in [0.25, 0.3) is 10.0 Å². The number of imidazole rings is 1. The molecule has 0 atom stereocenters. The van der Waals surface area contributed by atoms with Gasteiger partial charge in [-0.25, -0.2) is 13.4 Å².